The molecule has 0 saturated carbocycles. The minimum Gasteiger partial charge on any atom is -0.454 e. The summed E-state index contributed by atoms with van der Waals surface area (Å²) in [7, 11) is -3.02. The molecule has 27 heavy (non-hydrogen) atoms. The first-order valence-electron chi connectivity index (χ1n) is 8.75. The normalized spacial score (nSPS) is 18.6. The summed E-state index contributed by atoms with van der Waals surface area (Å²) >= 11 is 1.51. The third kappa shape index (κ3) is 4.01. The van der Waals surface area contributed by atoms with Crippen LogP contribution in [0.2, 0.25) is 0 Å². The van der Waals surface area contributed by atoms with Gasteiger partial charge in [0.05, 0.1) is 17.1 Å². The van der Waals surface area contributed by atoms with Crippen LogP contribution in [0.3, 0.4) is 0 Å². The predicted molar refractivity (Wildman–Crippen MR) is 105 cm³/mol. The fourth-order valence-electron chi connectivity index (χ4n) is 3.72. The number of rotatable bonds is 5. The van der Waals surface area contributed by atoms with Gasteiger partial charge in [0.2, 0.25) is 5.78 Å². The van der Waals surface area contributed by atoms with Crippen molar-refractivity contribution >= 4 is 32.9 Å². The van der Waals surface area contributed by atoms with Gasteiger partial charge in [-0.3, -0.25) is 4.79 Å². The highest BCUT2D eigenvalue weighted by Gasteiger charge is 2.31. The Labute approximate surface area is 163 Å². The van der Waals surface area contributed by atoms with E-state index in [1.807, 2.05) is 25.3 Å². The fraction of sp³-hybridized carbons (Fsp3) is 0.474. The number of ketones is 1. The lowest BCUT2D eigenvalue weighted by molar-refractivity contribution is 0.0474. The van der Waals surface area contributed by atoms with E-state index in [1.54, 1.807) is 19.1 Å². The Morgan fingerprint density at radius 1 is 1.19 bits per heavy atom. The van der Waals surface area contributed by atoms with E-state index in [0.717, 1.165) is 21.1 Å². The molecule has 2 aromatic rings. The molecule has 1 saturated heterocycles. The summed E-state index contributed by atoms with van der Waals surface area (Å²) in [5.41, 5.74) is 2.53. The molecular formula is C19H23NO5S2. The van der Waals surface area contributed by atoms with E-state index >= 15 is 0 Å². The quantitative estimate of drug-likeness (QED) is 0.559. The molecule has 2 aromatic heterocycles. The Hall–Kier alpha value is -1.93. The zero-order valence-electron chi connectivity index (χ0n) is 15.9. The number of nitrogens with zero attached hydrogens (tertiary/aromatic N) is 1. The van der Waals surface area contributed by atoms with E-state index in [1.165, 1.54) is 11.3 Å². The van der Waals surface area contributed by atoms with Gasteiger partial charge in [0.1, 0.15) is 0 Å². The van der Waals surface area contributed by atoms with Crippen LogP contribution in [0.4, 0.5) is 0 Å². The summed E-state index contributed by atoms with van der Waals surface area (Å²) in [6.07, 6.45) is 0.554. The molecule has 146 valence electrons. The molecular weight excluding hydrogens is 386 g/mol. The van der Waals surface area contributed by atoms with E-state index in [9.17, 15) is 18.0 Å². The summed E-state index contributed by atoms with van der Waals surface area (Å²) < 4.78 is 30.7. The van der Waals surface area contributed by atoms with Crippen molar-refractivity contribution in [2.75, 3.05) is 18.1 Å². The van der Waals surface area contributed by atoms with Crippen LogP contribution in [-0.4, -0.2) is 42.9 Å². The van der Waals surface area contributed by atoms with Gasteiger partial charge in [0, 0.05) is 32.7 Å². The van der Waals surface area contributed by atoms with Crippen LogP contribution in [0, 0.1) is 27.7 Å². The average molecular weight is 410 g/mol. The van der Waals surface area contributed by atoms with Crippen molar-refractivity contribution in [3.8, 4) is 0 Å². The lowest BCUT2D eigenvalue weighted by atomic mass is 10.1. The highest BCUT2D eigenvalue weighted by Crippen LogP contribution is 2.29. The smallest absolute Gasteiger partial charge is 0.339 e. The van der Waals surface area contributed by atoms with E-state index in [2.05, 4.69) is 0 Å². The summed E-state index contributed by atoms with van der Waals surface area (Å²) in [4.78, 5) is 26.7. The van der Waals surface area contributed by atoms with Gasteiger partial charge in [-0.05, 0) is 46.2 Å². The lowest BCUT2D eigenvalue weighted by Gasteiger charge is -2.16. The first-order valence-corrected chi connectivity index (χ1v) is 11.4. The number of hydrogen-bond donors (Lipinski definition) is 0. The number of aromatic nitrogens is 1. The van der Waals surface area contributed by atoms with E-state index in [4.69, 9.17) is 4.74 Å². The fourth-order valence-corrected chi connectivity index (χ4v) is 6.33. The molecule has 0 spiro atoms. The molecule has 6 nitrogen and oxygen atoms in total. The Balaban J connectivity index is 1.73. The largest absolute Gasteiger partial charge is 0.454 e. The molecule has 1 aliphatic rings. The van der Waals surface area contributed by atoms with Crippen molar-refractivity contribution < 1.29 is 22.7 Å². The number of sulfone groups is 1. The van der Waals surface area contributed by atoms with E-state index in [0.29, 0.717) is 17.5 Å². The number of esters is 1. The predicted octanol–water partition coefficient (Wildman–Crippen LogP) is 3.18. The molecule has 3 heterocycles. The lowest BCUT2D eigenvalue weighted by Crippen LogP contribution is -2.17. The van der Waals surface area contributed by atoms with Crippen LogP contribution >= 0.6 is 11.3 Å². The van der Waals surface area contributed by atoms with E-state index in [-0.39, 0.29) is 29.9 Å². The van der Waals surface area contributed by atoms with Gasteiger partial charge in [-0.1, -0.05) is 0 Å². The minimum absolute atomic E-state index is 0.1000. The van der Waals surface area contributed by atoms with Crippen LogP contribution in [-0.2, 0) is 14.6 Å². The van der Waals surface area contributed by atoms with Crippen molar-refractivity contribution in [2.45, 2.75) is 40.2 Å². The maximum atomic E-state index is 12.6. The zero-order chi connectivity index (χ0) is 19.9. The van der Waals surface area contributed by atoms with Crippen molar-refractivity contribution in [2.24, 2.45) is 0 Å². The molecule has 0 aliphatic carbocycles. The zero-order valence-corrected chi connectivity index (χ0v) is 17.5. The Kier molecular flexibility index (Phi) is 5.31. The van der Waals surface area contributed by atoms with Gasteiger partial charge in [-0.25, -0.2) is 13.2 Å². The molecule has 1 aliphatic heterocycles. The average Bonchev–Trinajstić information content (AvgIpc) is 3.20. The van der Waals surface area contributed by atoms with Gasteiger partial charge < -0.3 is 9.30 Å². The van der Waals surface area contributed by atoms with Gasteiger partial charge in [0.25, 0.3) is 0 Å². The molecule has 1 fully saturated rings. The number of aryl methyl sites for hydroxylation is 3. The topological polar surface area (TPSA) is 82.4 Å². The Morgan fingerprint density at radius 2 is 1.89 bits per heavy atom. The Morgan fingerprint density at radius 3 is 2.44 bits per heavy atom. The van der Waals surface area contributed by atoms with Gasteiger partial charge in [-0.15, -0.1) is 11.3 Å². The van der Waals surface area contributed by atoms with Crippen molar-refractivity contribution in [3.05, 3.63) is 44.4 Å². The summed E-state index contributed by atoms with van der Waals surface area (Å²) in [5, 5.41) is 0. The molecule has 0 unspecified atom stereocenters. The SMILES string of the molecule is Cc1cc(C(=O)OCC(=O)c2cc(C)n([C@@H]3CCS(=O)(=O)C3)c2C)c(C)s1. The second-order valence-electron chi connectivity index (χ2n) is 7.04. The second-order valence-corrected chi connectivity index (χ2v) is 10.7. The third-order valence-corrected chi connectivity index (χ3v) is 7.67. The maximum Gasteiger partial charge on any atom is 0.339 e. The molecule has 0 amide bonds. The molecule has 0 radical (unpaired) electrons. The third-order valence-electron chi connectivity index (χ3n) is 4.95. The molecule has 0 bridgehead atoms. The second kappa shape index (κ2) is 7.24. The van der Waals surface area contributed by atoms with Crippen molar-refractivity contribution in [3.63, 3.8) is 0 Å². The first kappa shape index (κ1) is 19.8. The highest BCUT2D eigenvalue weighted by molar-refractivity contribution is 7.91. The van der Waals surface area contributed by atoms with Gasteiger partial charge in [-0.2, -0.15) is 0 Å². The van der Waals surface area contributed by atoms with Crippen molar-refractivity contribution in [1.82, 2.24) is 4.57 Å². The van der Waals surface area contributed by atoms with Crippen LogP contribution in [0.15, 0.2) is 12.1 Å². The Bertz CT molecular complexity index is 1010. The minimum atomic E-state index is -3.02. The number of thiophene rings is 1. The highest BCUT2D eigenvalue weighted by atomic mass is 32.2. The number of Topliss-reactive ketones (excluding diaryl/α,β-unsaturated/α-hetero) is 1. The molecule has 1 atom stereocenters. The van der Waals surface area contributed by atoms with Crippen LogP contribution < -0.4 is 0 Å². The maximum absolute atomic E-state index is 12.6. The number of carbonyl (C=O) groups is 2. The molecule has 8 heteroatoms. The van der Waals surface area contributed by atoms with Crippen molar-refractivity contribution in [1.29, 1.82) is 0 Å². The molecule has 0 N–H and O–H groups in total. The van der Waals surface area contributed by atoms with Gasteiger partial charge in [0.15, 0.2) is 16.4 Å². The molecule has 0 aromatic carbocycles. The summed E-state index contributed by atoms with van der Waals surface area (Å²) in [5.74, 6) is -0.508. The molecule has 3 rings (SSSR count). The van der Waals surface area contributed by atoms with E-state index < -0.39 is 15.8 Å². The van der Waals surface area contributed by atoms with Crippen LogP contribution in [0.1, 0.15) is 54.3 Å². The van der Waals surface area contributed by atoms with Crippen LogP contribution in [0.25, 0.3) is 0 Å². The standard InChI is InChI=1S/C19H23NO5S2/c1-11-7-16(13(3)20(11)15-5-6-27(23,24)10-15)18(21)9-25-19(22)17-8-12(2)26-14(17)4/h7-8,15H,5-6,9-10H2,1-4H3/t15-/m1/s1. The monoisotopic (exact) mass is 409 g/mol. The van der Waals surface area contributed by atoms with Crippen LogP contribution in [0.5, 0.6) is 0 Å². The summed E-state index contributed by atoms with van der Waals surface area (Å²) in [6.45, 7) is 7.09. The number of hydrogen-bond acceptors (Lipinski definition) is 6. The van der Waals surface area contributed by atoms with Gasteiger partial charge >= 0.3 is 5.97 Å². The number of carbonyl (C=O) groups excluding carboxylic acids is 2. The first-order chi connectivity index (χ1) is 12.6. The summed E-state index contributed by atoms with van der Waals surface area (Å²) in [6, 6.07) is 3.37. The number of ether oxygens (including phenoxy) is 1.